The van der Waals surface area contributed by atoms with E-state index in [-0.39, 0.29) is 24.7 Å². The van der Waals surface area contributed by atoms with Crippen LogP contribution >= 0.6 is 0 Å². The second kappa shape index (κ2) is 11.6. The molecule has 0 fully saturated rings. The number of aliphatic hydroxyl groups excluding tert-OH is 1. The highest BCUT2D eigenvalue weighted by Gasteiger charge is 2.20. The van der Waals surface area contributed by atoms with Crippen molar-refractivity contribution in [3.8, 4) is 11.3 Å². The number of imidazole rings is 1. The minimum Gasteiger partial charge on any atom is -0.394 e. The topological polar surface area (TPSA) is 102 Å². The lowest BCUT2D eigenvalue weighted by atomic mass is 10.1. The van der Waals surface area contributed by atoms with E-state index in [0.29, 0.717) is 18.8 Å². The van der Waals surface area contributed by atoms with Crippen LogP contribution in [0.3, 0.4) is 0 Å². The van der Waals surface area contributed by atoms with Crippen LogP contribution in [-0.4, -0.2) is 56.0 Å². The van der Waals surface area contributed by atoms with Gasteiger partial charge in [0.15, 0.2) is 5.84 Å². The van der Waals surface area contributed by atoms with Crippen molar-refractivity contribution in [3.63, 3.8) is 0 Å². The number of aliphatic imine (C=N–C) groups is 1. The van der Waals surface area contributed by atoms with Crippen molar-refractivity contribution in [3.05, 3.63) is 71.9 Å². The van der Waals surface area contributed by atoms with Crippen LogP contribution in [0.5, 0.6) is 0 Å². The van der Waals surface area contributed by atoms with Crippen molar-refractivity contribution in [2.24, 2.45) is 4.99 Å². The van der Waals surface area contributed by atoms with Gasteiger partial charge in [-0.25, -0.2) is 4.98 Å². The molecule has 1 atom stereocenters. The summed E-state index contributed by atoms with van der Waals surface area (Å²) < 4.78 is 2.10. The van der Waals surface area contributed by atoms with E-state index in [9.17, 15) is 5.11 Å². The third-order valence-electron chi connectivity index (χ3n) is 5.78. The van der Waals surface area contributed by atoms with Crippen LogP contribution in [0.25, 0.3) is 11.3 Å². The number of nitrogens with zero attached hydrogens (tertiary/aromatic N) is 5. The lowest BCUT2D eigenvalue weighted by Crippen LogP contribution is -2.38. The van der Waals surface area contributed by atoms with Crippen LogP contribution in [0.1, 0.15) is 50.2 Å². The minimum absolute atomic E-state index is 0.00625. The third-order valence-corrected chi connectivity index (χ3v) is 5.78. The molecule has 8 heteroatoms. The zero-order chi connectivity index (χ0) is 24.7. The van der Waals surface area contributed by atoms with Crippen LogP contribution in [0.4, 0.5) is 0 Å². The van der Waals surface area contributed by atoms with E-state index >= 15 is 0 Å². The van der Waals surface area contributed by atoms with E-state index in [0.717, 1.165) is 28.2 Å². The maximum Gasteiger partial charge on any atom is 0.217 e. The maximum atomic E-state index is 9.51. The molecule has 0 aliphatic heterocycles. The molecule has 0 saturated heterocycles. The Labute approximate surface area is 201 Å². The van der Waals surface area contributed by atoms with Crippen molar-refractivity contribution in [2.45, 2.75) is 52.7 Å². The summed E-state index contributed by atoms with van der Waals surface area (Å²) in [6, 6.07) is 14.2. The number of benzene rings is 1. The molecule has 3 N–H and O–H groups in total. The Morgan fingerprint density at radius 3 is 2.47 bits per heavy atom. The zero-order valence-corrected chi connectivity index (χ0v) is 20.7. The largest absolute Gasteiger partial charge is 0.394 e. The lowest BCUT2D eigenvalue weighted by molar-refractivity contribution is 0.252. The average Bonchev–Trinajstić information content (AvgIpc) is 3.23. The van der Waals surface area contributed by atoms with Gasteiger partial charge in [-0.15, -0.1) is 0 Å². The third kappa shape index (κ3) is 6.08. The molecule has 2 heterocycles. The Balaban J connectivity index is 1.88. The van der Waals surface area contributed by atoms with Crippen LogP contribution < -0.4 is 5.32 Å². The molecule has 0 bridgehead atoms. The zero-order valence-electron chi connectivity index (χ0n) is 20.7. The molecule has 0 aliphatic rings. The fourth-order valence-electron chi connectivity index (χ4n) is 3.75. The molecule has 180 valence electrons. The second-order valence-electron chi connectivity index (χ2n) is 8.66. The number of nitrogens with one attached hydrogen (secondary N) is 2. The smallest absolute Gasteiger partial charge is 0.217 e. The Morgan fingerprint density at radius 2 is 1.91 bits per heavy atom. The molecule has 0 aliphatic carbocycles. The number of guanidine groups is 1. The van der Waals surface area contributed by atoms with Gasteiger partial charge in [0.25, 0.3) is 0 Å². The maximum absolute atomic E-state index is 9.51. The molecule has 0 spiro atoms. The van der Waals surface area contributed by atoms with Crippen molar-refractivity contribution < 1.29 is 5.11 Å². The van der Waals surface area contributed by atoms with Gasteiger partial charge in [-0.2, -0.15) is 4.99 Å². The van der Waals surface area contributed by atoms with Gasteiger partial charge in [0.1, 0.15) is 5.69 Å². The summed E-state index contributed by atoms with van der Waals surface area (Å²) in [5.74, 6) is 0.614. The van der Waals surface area contributed by atoms with Gasteiger partial charge in [-0.05, 0) is 44.9 Å². The highest BCUT2D eigenvalue weighted by atomic mass is 16.3. The van der Waals surface area contributed by atoms with E-state index < -0.39 is 0 Å². The van der Waals surface area contributed by atoms with Crippen LogP contribution in [0.15, 0.2) is 60.0 Å². The molecule has 8 nitrogen and oxygen atoms in total. The number of hydrogen-bond acceptors (Lipinski definition) is 4. The second-order valence-corrected chi connectivity index (χ2v) is 8.66. The molecule has 0 radical (unpaired) electrons. The SMILES string of the molecule is CC[C@H](CO)NC(=N)/N=C(\c1ncn(C(C)C)c1C)N(C)Cc1ccc(-c2ccccn2)cc1. The summed E-state index contributed by atoms with van der Waals surface area (Å²) in [6.07, 6.45) is 4.31. The Hall–Kier alpha value is -3.52. The van der Waals surface area contributed by atoms with Crippen molar-refractivity contribution >= 4 is 11.8 Å². The van der Waals surface area contributed by atoms with E-state index in [4.69, 9.17) is 5.41 Å². The highest BCUT2D eigenvalue weighted by molar-refractivity contribution is 6.04. The number of pyridine rings is 1. The minimum atomic E-state index is -0.212. The van der Waals surface area contributed by atoms with Crippen molar-refractivity contribution in [2.75, 3.05) is 13.7 Å². The summed E-state index contributed by atoms with van der Waals surface area (Å²) >= 11 is 0. The van der Waals surface area contributed by atoms with Gasteiger partial charge in [0.2, 0.25) is 5.96 Å². The summed E-state index contributed by atoms with van der Waals surface area (Å²) in [6.45, 7) is 8.74. The molecule has 2 aromatic heterocycles. The number of aliphatic hydroxyl groups is 1. The van der Waals surface area contributed by atoms with Gasteiger partial charge in [-0.1, -0.05) is 37.3 Å². The average molecular weight is 462 g/mol. The van der Waals surface area contributed by atoms with Crippen molar-refractivity contribution in [1.29, 1.82) is 5.41 Å². The summed E-state index contributed by atoms with van der Waals surface area (Å²) in [5.41, 5.74) is 4.84. The van der Waals surface area contributed by atoms with Gasteiger partial charge >= 0.3 is 0 Å². The number of hydrogen-bond donors (Lipinski definition) is 3. The molecule has 0 unspecified atom stereocenters. The molecule has 3 aromatic rings. The summed E-state index contributed by atoms with van der Waals surface area (Å²) in [4.78, 5) is 15.7. The van der Waals surface area contributed by atoms with Crippen LogP contribution in [-0.2, 0) is 6.54 Å². The van der Waals surface area contributed by atoms with Crippen molar-refractivity contribution in [1.82, 2.24) is 24.8 Å². The molecule has 3 rings (SSSR count). The first-order chi connectivity index (χ1) is 16.3. The predicted molar refractivity (Wildman–Crippen MR) is 137 cm³/mol. The first kappa shape index (κ1) is 25.1. The van der Waals surface area contributed by atoms with Gasteiger partial charge in [0.05, 0.1) is 24.7 Å². The Morgan fingerprint density at radius 1 is 1.18 bits per heavy atom. The lowest BCUT2D eigenvalue weighted by Gasteiger charge is -2.22. The first-order valence-corrected chi connectivity index (χ1v) is 11.6. The van der Waals surface area contributed by atoms with E-state index in [1.165, 1.54) is 0 Å². The number of rotatable bonds is 8. The quantitative estimate of drug-likeness (QED) is 0.347. The standard InChI is InChI=1S/C26H35N7O/c1-6-22(16-34)30-26(27)31-25(24-19(4)33(17-29-24)18(2)3)32(5)15-20-10-12-21(13-11-20)23-9-7-8-14-28-23/h7-14,17-18,22,34H,6,15-16H2,1-5H3,(H2,27,30)/b31-25+/t22-/m1/s1. The molecular formula is C26H35N7O. The van der Waals surface area contributed by atoms with E-state index in [1.54, 1.807) is 6.20 Å². The molecule has 0 amide bonds. The van der Waals surface area contributed by atoms with Gasteiger partial charge < -0.3 is 19.9 Å². The van der Waals surface area contributed by atoms with Crippen LogP contribution in [0.2, 0.25) is 0 Å². The predicted octanol–water partition coefficient (Wildman–Crippen LogP) is 4.01. The Bertz CT molecular complexity index is 1100. The van der Waals surface area contributed by atoms with E-state index in [2.05, 4.69) is 63.0 Å². The highest BCUT2D eigenvalue weighted by Crippen LogP contribution is 2.19. The molecular weight excluding hydrogens is 426 g/mol. The molecule has 0 saturated carbocycles. The normalized spacial score (nSPS) is 12.6. The Kier molecular flexibility index (Phi) is 8.54. The summed E-state index contributed by atoms with van der Waals surface area (Å²) in [5, 5.41) is 20.9. The number of aromatic nitrogens is 3. The molecule has 34 heavy (non-hydrogen) atoms. The number of amidine groups is 1. The van der Waals surface area contributed by atoms with Gasteiger partial charge in [-0.3, -0.25) is 10.4 Å². The van der Waals surface area contributed by atoms with E-state index in [1.807, 2.05) is 50.3 Å². The molecule has 1 aromatic carbocycles. The monoisotopic (exact) mass is 461 g/mol. The summed E-state index contributed by atoms with van der Waals surface area (Å²) in [7, 11) is 1.95. The fraction of sp³-hybridized carbons (Fsp3) is 0.385. The first-order valence-electron chi connectivity index (χ1n) is 11.6. The fourth-order valence-corrected chi connectivity index (χ4v) is 3.75. The van der Waals surface area contributed by atoms with Gasteiger partial charge in [0, 0.05) is 37.1 Å². The van der Waals surface area contributed by atoms with Crippen LogP contribution in [0, 0.1) is 12.3 Å².